The van der Waals surface area contributed by atoms with Gasteiger partial charge in [-0.25, -0.2) is 0 Å². The monoisotopic (exact) mass is 283 g/mol. The second-order valence-corrected chi connectivity index (χ2v) is 7.60. The van der Waals surface area contributed by atoms with E-state index in [2.05, 4.69) is 46.9 Å². The van der Waals surface area contributed by atoms with Gasteiger partial charge in [-0.15, -0.1) is 0 Å². The minimum absolute atomic E-state index is 0.0930. The predicted octanol–water partition coefficient (Wildman–Crippen LogP) is 4.63. The van der Waals surface area contributed by atoms with Gasteiger partial charge in [0.2, 0.25) is 0 Å². The molecular weight excluding hydrogens is 246 g/mol. The van der Waals surface area contributed by atoms with Crippen LogP contribution in [0.5, 0.6) is 0 Å². The zero-order valence-electron chi connectivity index (χ0n) is 14.7. The second-order valence-electron chi connectivity index (χ2n) is 7.60. The summed E-state index contributed by atoms with van der Waals surface area (Å²) < 4.78 is 6.56. The fourth-order valence-electron chi connectivity index (χ4n) is 3.66. The summed E-state index contributed by atoms with van der Waals surface area (Å²) in [7, 11) is 0. The van der Waals surface area contributed by atoms with Gasteiger partial charge in [-0.05, 0) is 63.3 Å². The Morgan fingerprint density at radius 2 is 1.70 bits per heavy atom. The summed E-state index contributed by atoms with van der Waals surface area (Å²) in [5.41, 5.74) is 0.0930. The van der Waals surface area contributed by atoms with Crippen molar-refractivity contribution in [2.24, 2.45) is 17.8 Å². The molecule has 1 fully saturated rings. The molecule has 0 saturated heterocycles. The van der Waals surface area contributed by atoms with Crippen LogP contribution in [0.15, 0.2) is 0 Å². The molecule has 0 aromatic heterocycles. The molecule has 1 saturated carbocycles. The van der Waals surface area contributed by atoms with Crippen molar-refractivity contribution in [2.75, 3.05) is 13.1 Å². The molecule has 1 aliphatic carbocycles. The maximum absolute atomic E-state index is 6.56. The summed E-state index contributed by atoms with van der Waals surface area (Å²) in [6.45, 7) is 15.8. The zero-order valence-corrected chi connectivity index (χ0v) is 14.7. The molecule has 0 spiro atoms. The molecule has 0 radical (unpaired) electrons. The van der Waals surface area contributed by atoms with Gasteiger partial charge in [0.05, 0.1) is 11.7 Å². The largest absolute Gasteiger partial charge is 0.371 e. The summed E-state index contributed by atoms with van der Waals surface area (Å²) >= 11 is 0. The molecule has 20 heavy (non-hydrogen) atoms. The standard InChI is InChI=1S/C18H37NO/c1-7-19-13-18(20-16(6)12-14(2)3)10-8-17(9-11-18)15(4)5/h14-17,19H,7-13H2,1-6H3. The average Bonchev–Trinajstić information content (AvgIpc) is 2.36. The molecule has 0 aromatic carbocycles. The van der Waals surface area contributed by atoms with Crippen LogP contribution in [0, 0.1) is 17.8 Å². The maximum Gasteiger partial charge on any atom is 0.0810 e. The van der Waals surface area contributed by atoms with Crippen LogP contribution in [0.25, 0.3) is 0 Å². The predicted molar refractivity (Wildman–Crippen MR) is 88.1 cm³/mol. The highest BCUT2D eigenvalue weighted by Crippen LogP contribution is 2.39. The van der Waals surface area contributed by atoms with Gasteiger partial charge in [0.1, 0.15) is 0 Å². The van der Waals surface area contributed by atoms with E-state index in [0.717, 1.165) is 24.9 Å². The number of hydrogen-bond acceptors (Lipinski definition) is 2. The van der Waals surface area contributed by atoms with E-state index in [-0.39, 0.29) is 5.60 Å². The molecule has 2 nitrogen and oxygen atoms in total. The Morgan fingerprint density at radius 1 is 1.10 bits per heavy atom. The van der Waals surface area contributed by atoms with Gasteiger partial charge in [0.25, 0.3) is 0 Å². The molecule has 0 heterocycles. The highest BCUT2D eigenvalue weighted by atomic mass is 16.5. The van der Waals surface area contributed by atoms with Crippen molar-refractivity contribution < 1.29 is 4.74 Å². The number of likely N-dealkylation sites (N-methyl/N-ethyl adjacent to an activating group) is 1. The Morgan fingerprint density at radius 3 is 2.15 bits per heavy atom. The maximum atomic E-state index is 6.56. The van der Waals surface area contributed by atoms with E-state index < -0.39 is 0 Å². The van der Waals surface area contributed by atoms with Crippen molar-refractivity contribution in [3.05, 3.63) is 0 Å². The Kier molecular flexibility index (Phi) is 7.53. The van der Waals surface area contributed by atoms with Crippen LogP contribution in [0.3, 0.4) is 0 Å². The van der Waals surface area contributed by atoms with E-state index in [9.17, 15) is 0 Å². The average molecular weight is 284 g/mol. The van der Waals surface area contributed by atoms with Crippen molar-refractivity contribution in [3.63, 3.8) is 0 Å². The van der Waals surface area contributed by atoms with E-state index >= 15 is 0 Å². The minimum atomic E-state index is 0.0930. The third-order valence-corrected chi connectivity index (χ3v) is 4.84. The summed E-state index contributed by atoms with van der Waals surface area (Å²) in [5.74, 6) is 2.43. The third kappa shape index (κ3) is 5.73. The molecule has 0 aromatic rings. The molecule has 120 valence electrons. The molecule has 1 unspecified atom stereocenters. The van der Waals surface area contributed by atoms with E-state index in [4.69, 9.17) is 4.74 Å². The molecule has 0 aliphatic heterocycles. The van der Waals surface area contributed by atoms with E-state index in [1.807, 2.05) is 0 Å². The Labute approximate surface area is 127 Å². The van der Waals surface area contributed by atoms with Crippen LogP contribution in [-0.4, -0.2) is 24.8 Å². The Balaban J connectivity index is 2.59. The molecule has 1 atom stereocenters. The first kappa shape index (κ1) is 18.0. The Hall–Kier alpha value is -0.0800. The van der Waals surface area contributed by atoms with Crippen LogP contribution in [0.1, 0.15) is 73.6 Å². The van der Waals surface area contributed by atoms with Crippen LogP contribution in [0.4, 0.5) is 0 Å². The summed E-state index contributed by atoms with van der Waals surface area (Å²) in [6.07, 6.45) is 6.66. The SMILES string of the molecule is CCNCC1(OC(C)CC(C)C)CCC(C(C)C)CC1. The van der Waals surface area contributed by atoms with Crippen molar-refractivity contribution >= 4 is 0 Å². The normalized spacial score (nSPS) is 29.1. The van der Waals surface area contributed by atoms with Gasteiger partial charge in [0.15, 0.2) is 0 Å². The highest BCUT2D eigenvalue weighted by Gasteiger charge is 2.37. The van der Waals surface area contributed by atoms with Gasteiger partial charge in [-0.2, -0.15) is 0 Å². The summed E-state index contributed by atoms with van der Waals surface area (Å²) in [4.78, 5) is 0. The highest BCUT2D eigenvalue weighted by molar-refractivity contribution is 4.90. The molecule has 0 bridgehead atoms. The van der Waals surface area contributed by atoms with Gasteiger partial charge >= 0.3 is 0 Å². The lowest BCUT2D eigenvalue weighted by atomic mass is 9.74. The van der Waals surface area contributed by atoms with Crippen LogP contribution in [-0.2, 0) is 4.74 Å². The van der Waals surface area contributed by atoms with Gasteiger partial charge in [-0.3, -0.25) is 0 Å². The lowest BCUT2D eigenvalue weighted by Crippen LogP contribution is -2.48. The molecule has 2 heteroatoms. The number of nitrogens with one attached hydrogen (secondary N) is 1. The van der Waals surface area contributed by atoms with E-state index in [1.165, 1.54) is 32.1 Å². The van der Waals surface area contributed by atoms with Crippen molar-refractivity contribution in [1.29, 1.82) is 0 Å². The smallest absolute Gasteiger partial charge is 0.0810 e. The fourth-order valence-corrected chi connectivity index (χ4v) is 3.66. The second kappa shape index (κ2) is 8.38. The summed E-state index contributed by atoms with van der Waals surface area (Å²) in [5, 5.41) is 3.54. The first-order valence-corrected chi connectivity index (χ1v) is 8.77. The van der Waals surface area contributed by atoms with Gasteiger partial charge in [0, 0.05) is 6.54 Å². The lowest BCUT2D eigenvalue weighted by molar-refractivity contribution is -0.118. The van der Waals surface area contributed by atoms with E-state index in [0.29, 0.717) is 12.0 Å². The molecule has 0 amide bonds. The fraction of sp³-hybridized carbons (Fsp3) is 1.00. The first-order chi connectivity index (χ1) is 9.38. The molecular formula is C18H37NO. The Bertz CT molecular complexity index is 254. The molecule has 1 rings (SSSR count). The van der Waals surface area contributed by atoms with Crippen LogP contribution < -0.4 is 5.32 Å². The van der Waals surface area contributed by atoms with Crippen molar-refractivity contribution in [1.82, 2.24) is 5.32 Å². The van der Waals surface area contributed by atoms with E-state index in [1.54, 1.807) is 0 Å². The minimum Gasteiger partial charge on any atom is -0.371 e. The summed E-state index contributed by atoms with van der Waals surface area (Å²) in [6, 6.07) is 0. The van der Waals surface area contributed by atoms with Crippen molar-refractivity contribution in [3.8, 4) is 0 Å². The quantitative estimate of drug-likeness (QED) is 0.701. The number of hydrogen-bond donors (Lipinski definition) is 1. The number of rotatable bonds is 8. The van der Waals surface area contributed by atoms with Crippen LogP contribution >= 0.6 is 0 Å². The van der Waals surface area contributed by atoms with Gasteiger partial charge in [-0.1, -0.05) is 34.6 Å². The third-order valence-electron chi connectivity index (χ3n) is 4.84. The first-order valence-electron chi connectivity index (χ1n) is 8.77. The zero-order chi connectivity index (χ0) is 15.2. The van der Waals surface area contributed by atoms with Crippen molar-refractivity contribution in [2.45, 2.75) is 85.4 Å². The molecule has 1 aliphatic rings. The van der Waals surface area contributed by atoms with Gasteiger partial charge < -0.3 is 10.1 Å². The molecule has 1 N–H and O–H groups in total. The number of ether oxygens (including phenoxy) is 1. The van der Waals surface area contributed by atoms with Crippen LogP contribution in [0.2, 0.25) is 0 Å². The lowest BCUT2D eigenvalue weighted by Gasteiger charge is -2.43. The topological polar surface area (TPSA) is 21.3 Å².